The summed E-state index contributed by atoms with van der Waals surface area (Å²) in [6.07, 6.45) is 1.30. The third-order valence-electron chi connectivity index (χ3n) is 7.23. The van der Waals surface area contributed by atoms with Crippen molar-refractivity contribution in [2.24, 2.45) is 5.14 Å². The van der Waals surface area contributed by atoms with E-state index in [1.54, 1.807) is 26.4 Å². The van der Waals surface area contributed by atoms with Gasteiger partial charge in [-0.05, 0) is 93.7 Å². The Labute approximate surface area is 240 Å². The molecule has 0 aliphatic rings. The SMILES string of the molecule is COc1ccc2cc(CCC(=O)CC(Nc3ccc(S(N)(=O)=O)cc3)c3ccc4cc(OC)ccc4c3)ccc2c1. The number of hydrogen-bond donors (Lipinski definition) is 2. The Morgan fingerprint density at radius 1 is 0.756 bits per heavy atom. The number of primary sulfonamides is 1. The van der Waals surface area contributed by atoms with E-state index in [4.69, 9.17) is 14.6 Å². The molecule has 5 aromatic rings. The van der Waals surface area contributed by atoms with Crippen LogP contribution in [0.25, 0.3) is 21.5 Å². The molecule has 0 spiro atoms. The van der Waals surface area contributed by atoms with Crippen LogP contribution in [-0.2, 0) is 21.2 Å². The minimum absolute atomic E-state index is 0.0316. The lowest BCUT2D eigenvalue weighted by molar-refractivity contribution is -0.119. The van der Waals surface area contributed by atoms with Crippen LogP contribution < -0.4 is 19.9 Å². The zero-order valence-corrected chi connectivity index (χ0v) is 23.8. The quantitative estimate of drug-likeness (QED) is 0.191. The molecule has 41 heavy (non-hydrogen) atoms. The van der Waals surface area contributed by atoms with E-state index in [2.05, 4.69) is 29.6 Å². The Kier molecular flexibility index (Phi) is 8.23. The summed E-state index contributed by atoms with van der Waals surface area (Å²) in [5.41, 5.74) is 2.74. The summed E-state index contributed by atoms with van der Waals surface area (Å²) in [5.74, 6) is 1.71. The van der Waals surface area contributed by atoms with Crippen molar-refractivity contribution >= 4 is 43.0 Å². The number of anilines is 1. The Morgan fingerprint density at radius 3 is 1.93 bits per heavy atom. The Morgan fingerprint density at radius 2 is 1.32 bits per heavy atom. The molecule has 8 heteroatoms. The molecular weight excluding hydrogens is 536 g/mol. The number of benzene rings is 5. The first-order chi connectivity index (χ1) is 19.7. The van der Waals surface area contributed by atoms with Crippen molar-refractivity contribution < 1.29 is 22.7 Å². The molecule has 5 aromatic carbocycles. The number of aryl methyl sites for hydroxylation is 1. The summed E-state index contributed by atoms with van der Waals surface area (Å²) >= 11 is 0. The van der Waals surface area contributed by atoms with Crippen molar-refractivity contribution in [2.45, 2.75) is 30.2 Å². The normalized spacial score (nSPS) is 12.3. The third-order valence-corrected chi connectivity index (χ3v) is 8.16. The molecule has 0 fully saturated rings. The van der Waals surface area contributed by atoms with E-state index in [1.165, 1.54) is 12.1 Å². The van der Waals surface area contributed by atoms with Crippen molar-refractivity contribution in [3.05, 3.63) is 108 Å². The molecule has 0 saturated carbocycles. The lowest BCUT2D eigenvalue weighted by Gasteiger charge is -2.21. The first kappa shape index (κ1) is 28.1. The first-order valence-corrected chi connectivity index (χ1v) is 14.8. The molecule has 1 atom stereocenters. The zero-order valence-electron chi connectivity index (χ0n) is 23.0. The van der Waals surface area contributed by atoms with Gasteiger partial charge < -0.3 is 14.8 Å². The van der Waals surface area contributed by atoms with Crippen molar-refractivity contribution in [1.29, 1.82) is 0 Å². The molecule has 3 N–H and O–H groups in total. The number of ether oxygens (including phenoxy) is 2. The largest absolute Gasteiger partial charge is 0.497 e. The second kappa shape index (κ2) is 12.0. The van der Waals surface area contributed by atoms with Gasteiger partial charge in [-0.3, -0.25) is 4.79 Å². The summed E-state index contributed by atoms with van der Waals surface area (Å²) in [7, 11) is -0.512. The lowest BCUT2D eigenvalue weighted by Crippen LogP contribution is -2.16. The molecule has 7 nitrogen and oxygen atoms in total. The van der Waals surface area contributed by atoms with E-state index in [-0.39, 0.29) is 23.1 Å². The molecular formula is C33H32N2O5S. The van der Waals surface area contributed by atoms with Crippen molar-refractivity contribution in [1.82, 2.24) is 0 Å². The van der Waals surface area contributed by atoms with Gasteiger partial charge in [-0.2, -0.15) is 0 Å². The summed E-state index contributed by atoms with van der Waals surface area (Å²) < 4.78 is 34.0. The summed E-state index contributed by atoms with van der Waals surface area (Å²) in [6, 6.07) is 30.0. The van der Waals surface area contributed by atoms with Gasteiger partial charge in [0, 0.05) is 18.5 Å². The number of carbonyl (C=O) groups is 1. The number of hydrogen-bond acceptors (Lipinski definition) is 6. The van der Waals surface area contributed by atoms with E-state index in [0.29, 0.717) is 18.5 Å². The highest BCUT2D eigenvalue weighted by Gasteiger charge is 2.18. The maximum atomic E-state index is 13.3. The molecule has 0 aliphatic heterocycles. The fraction of sp³-hybridized carbons (Fsp3) is 0.182. The number of ketones is 1. The summed E-state index contributed by atoms with van der Waals surface area (Å²) in [4.78, 5) is 13.3. The topological polar surface area (TPSA) is 108 Å². The highest BCUT2D eigenvalue weighted by molar-refractivity contribution is 7.89. The predicted molar refractivity (Wildman–Crippen MR) is 163 cm³/mol. The highest BCUT2D eigenvalue weighted by Crippen LogP contribution is 2.29. The van der Waals surface area contributed by atoms with Gasteiger partial charge in [0.25, 0.3) is 0 Å². The maximum absolute atomic E-state index is 13.3. The predicted octanol–water partition coefficient (Wildman–Crippen LogP) is 6.40. The summed E-state index contributed by atoms with van der Waals surface area (Å²) in [5, 5.41) is 12.9. The number of rotatable bonds is 11. The van der Waals surface area contributed by atoms with Gasteiger partial charge in [0.1, 0.15) is 17.3 Å². The van der Waals surface area contributed by atoms with Crippen LogP contribution in [0.3, 0.4) is 0 Å². The molecule has 0 amide bonds. The van der Waals surface area contributed by atoms with Crippen LogP contribution in [0.15, 0.2) is 102 Å². The molecule has 1 unspecified atom stereocenters. The number of sulfonamides is 1. The second-order valence-electron chi connectivity index (χ2n) is 10.0. The molecule has 5 rings (SSSR count). The molecule has 0 aliphatic carbocycles. The van der Waals surface area contributed by atoms with Crippen molar-refractivity contribution in [2.75, 3.05) is 19.5 Å². The van der Waals surface area contributed by atoms with Gasteiger partial charge >= 0.3 is 0 Å². The van der Waals surface area contributed by atoms with Crippen LogP contribution in [-0.4, -0.2) is 28.4 Å². The third kappa shape index (κ3) is 6.85. The van der Waals surface area contributed by atoms with Gasteiger partial charge in [-0.15, -0.1) is 0 Å². The van der Waals surface area contributed by atoms with Crippen LogP contribution in [0, 0.1) is 0 Å². The number of fused-ring (bicyclic) bond motifs is 2. The molecule has 0 radical (unpaired) electrons. The summed E-state index contributed by atoms with van der Waals surface area (Å²) in [6.45, 7) is 0. The van der Waals surface area contributed by atoms with E-state index in [1.807, 2.05) is 48.5 Å². The lowest BCUT2D eigenvalue weighted by atomic mass is 9.95. The van der Waals surface area contributed by atoms with Gasteiger partial charge in [-0.25, -0.2) is 13.6 Å². The fourth-order valence-corrected chi connectivity index (χ4v) is 5.46. The number of nitrogens with one attached hydrogen (secondary N) is 1. The van der Waals surface area contributed by atoms with Crippen LogP contribution in [0.2, 0.25) is 0 Å². The van der Waals surface area contributed by atoms with E-state index in [0.717, 1.165) is 44.2 Å². The maximum Gasteiger partial charge on any atom is 0.238 e. The number of nitrogens with two attached hydrogens (primary N) is 1. The van der Waals surface area contributed by atoms with Crippen molar-refractivity contribution in [3.63, 3.8) is 0 Å². The smallest absolute Gasteiger partial charge is 0.238 e. The van der Waals surface area contributed by atoms with Crippen LogP contribution in [0.4, 0.5) is 5.69 Å². The minimum atomic E-state index is -3.80. The zero-order chi connectivity index (χ0) is 29.0. The molecule has 0 bridgehead atoms. The van der Waals surface area contributed by atoms with E-state index in [9.17, 15) is 13.2 Å². The number of methoxy groups -OCH3 is 2. The molecule has 210 valence electrons. The molecule has 0 aromatic heterocycles. The van der Waals surface area contributed by atoms with Crippen LogP contribution in [0.5, 0.6) is 11.5 Å². The fourth-order valence-electron chi connectivity index (χ4n) is 4.95. The monoisotopic (exact) mass is 568 g/mol. The Balaban J connectivity index is 1.35. The van der Waals surface area contributed by atoms with Crippen molar-refractivity contribution in [3.8, 4) is 11.5 Å². The number of carbonyl (C=O) groups excluding carboxylic acids is 1. The second-order valence-corrected chi connectivity index (χ2v) is 11.6. The average Bonchev–Trinajstić information content (AvgIpc) is 2.98. The highest BCUT2D eigenvalue weighted by atomic mass is 32.2. The Bertz CT molecular complexity index is 1820. The Hall–Kier alpha value is -4.40. The molecule has 0 heterocycles. The van der Waals surface area contributed by atoms with Crippen LogP contribution in [0.1, 0.15) is 30.0 Å². The standard InChI is InChI=1S/C33H32N2O5S/c1-39-30-13-8-23-17-22(3-5-25(23)19-30)4-12-29(36)21-33(35-28-10-15-32(16-11-28)41(34,37)38)27-7-6-26-20-31(40-2)14-9-24(26)18-27/h3,5-11,13-20,33,35H,4,12,21H2,1-2H3,(H2,34,37,38). The average molecular weight is 569 g/mol. The van der Waals surface area contributed by atoms with Gasteiger partial charge in [0.2, 0.25) is 10.0 Å². The number of Topliss-reactive ketones (excluding diaryl/α,β-unsaturated/α-hetero) is 1. The molecule has 0 saturated heterocycles. The van der Waals surface area contributed by atoms with E-state index < -0.39 is 10.0 Å². The minimum Gasteiger partial charge on any atom is -0.497 e. The van der Waals surface area contributed by atoms with Gasteiger partial charge in [-0.1, -0.05) is 42.5 Å². The van der Waals surface area contributed by atoms with E-state index >= 15 is 0 Å². The van der Waals surface area contributed by atoms with Crippen LogP contribution >= 0.6 is 0 Å². The van der Waals surface area contributed by atoms with Gasteiger partial charge in [0.15, 0.2) is 0 Å². The first-order valence-electron chi connectivity index (χ1n) is 13.3. The van der Waals surface area contributed by atoms with Gasteiger partial charge in [0.05, 0.1) is 25.2 Å².